The van der Waals surface area contributed by atoms with Gasteiger partial charge < -0.3 is 10.2 Å². The minimum atomic E-state index is 0.0958. The molecule has 1 aromatic heterocycles. The van der Waals surface area contributed by atoms with Gasteiger partial charge in [0.2, 0.25) is 0 Å². The quantitative estimate of drug-likeness (QED) is 0.620. The van der Waals surface area contributed by atoms with Crippen molar-refractivity contribution in [2.45, 2.75) is 58.8 Å². The third-order valence-electron chi connectivity index (χ3n) is 3.11. The van der Waals surface area contributed by atoms with Crippen molar-refractivity contribution in [1.29, 1.82) is 0 Å². The monoisotopic (exact) mass is 225 g/mol. The lowest BCUT2D eigenvalue weighted by Crippen LogP contribution is -1.87. The Morgan fingerprint density at radius 3 is 2.12 bits per heavy atom. The SMILES string of the molecule is CCCCCCCCc1c(O)[nH]c(O)c1C. The van der Waals surface area contributed by atoms with Gasteiger partial charge >= 0.3 is 0 Å². The van der Waals surface area contributed by atoms with E-state index in [9.17, 15) is 10.2 Å². The van der Waals surface area contributed by atoms with Crippen LogP contribution in [0, 0.1) is 6.92 Å². The third kappa shape index (κ3) is 3.47. The highest BCUT2D eigenvalue weighted by molar-refractivity contribution is 5.42. The number of unbranched alkanes of at least 4 members (excludes halogenated alkanes) is 5. The standard InChI is InChI=1S/C13H23NO2/c1-3-4-5-6-7-8-9-11-10(2)12(15)14-13(11)16/h14-16H,3-9H2,1-2H3. The molecule has 0 saturated heterocycles. The lowest BCUT2D eigenvalue weighted by molar-refractivity contribution is 0.422. The Morgan fingerprint density at radius 2 is 1.56 bits per heavy atom. The zero-order chi connectivity index (χ0) is 12.0. The van der Waals surface area contributed by atoms with Crippen molar-refractivity contribution in [2.24, 2.45) is 0 Å². The van der Waals surface area contributed by atoms with Gasteiger partial charge in [-0.3, -0.25) is 4.98 Å². The van der Waals surface area contributed by atoms with Crippen LogP contribution in [-0.2, 0) is 6.42 Å². The number of nitrogens with one attached hydrogen (secondary N) is 1. The smallest absolute Gasteiger partial charge is 0.194 e. The average Bonchev–Trinajstić information content (AvgIpc) is 2.49. The summed E-state index contributed by atoms with van der Waals surface area (Å²) in [6, 6.07) is 0. The molecule has 0 aliphatic rings. The second-order valence-electron chi connectivity index (χ2n) is 4.44. The first-order valence-corrected chi connectivity index (χ1v) is 6.26. The van der Waals surface area contributed by atoms with E-state index in [1.165, 1.54) is 32.1 Å². The molecule has 3 heteroatoms. The number of hydrogen-bond acceptors (Lipinski definition) is 2. The molecule has 0 aromatic carbocycles. The molecule has 0 unspecified atom stereocenters. The van der Waals surface area contributed by atoms with Crippen molar-refractivity contribution in [3.05, 3.63) is 11.1 Å². The molecular formula is C13H23NO2. The first kappa shape index (κ1) is 12.9. The highest BCUT2D eigenvalue weighted by Crippen LogP contribution is 2.29. The summed E-state index contributed by atoms with van der Waals surface area (Å²) in [6.45, 7) is 4.04. The first-order valence-electron chi connectivity index (χ1n) is 6.26. The van der Waals surface area contributed by atoms with Crippen molar-refractivity contribution >= 4 is 0 Å². The Bertz CT molecular complexity index is 318. The lowest BCUT2D eigenvalue weighted by Gasteiger charge is -2.01. The molecule has 0 bridgehead atoms. The fraction of sp³-hybridized carbons (Fsp3) is 0.692. The molecule has 0 aliphatic heterocycles. The van der Waals surface area contributed by atoms with E-state index < -0.39 is 0 Å². The van der Waals surface area contributed by atoms with Crippen LogP contribution in [0.1, 0.15) is 56.6 Å². The van der Waals surface area contributed by atoms with Gasteiger partial charge in [-0.2, -0.15) is 0 Å². The largest absolute Gasteiger partial charge is 0.494 e. The Labute approximate surface area is 97.5 Å². The van der Waals surface area contributed by atoms with E-state index >= 15 is 0 Å². The topological polar surface area (TPSA) is 56.2 Å². The molecule has 0 atom stereocenters. The van der Waals surface area contributed by atoms with Crippen LogP contribution in [0.15, 0.2) is 0 Å². The lowest BCUT2D eigenvalue weighted by atomic mass is 10.0. The molecule has 0 amide bonds. The van der Waals surface area contributed by atoms with E-state index in [0.29, 0.717) is 0 Å². The molecule has 16 heavy (non-hydrogen) atoms. The molecule has 1 heterocycles. The van der Waals surface area contributed by atoms with Crippen LogP contribution < -0.4 is 0 Å². The van der Waals surface area contributed by atoms with Crippen LogP contribution >= 0.6 is 0 Å². The summed E-state index contributed by atoms with van der Waals surface area (Å²) in [6.07, 6.45) is 8.28. The van der Waals surface area contributed by atoms with Crippen LogP contribution in [0.4, 0.5) is 0 Å². The fourth-order valence-corrected chi connectivity index (χ4v) is 1.99. The average molecular weight is 225 g/mol. The maximum atomic E-state index is 9.54. The summed E-state index contributed by atoms with van der Waals surface area (Å²) in [5.74, 6) is 0.224. The molecule has 0 fully saturated rings. The van der Waals surface area contributed by atoms with Crippen molar-refractivity contribution in [2.75, 3.05) is 0 Å². The zero-order valence-corrected chi connectivity index (χ0v) is 10.3. The van der Waals surface area contributed by atoms with Gasteiger partial charge in [0.1, 0.15) is 0 Å². The molecule has 0 aliphatic carbocycles. The molecule has 0 saturated carbocycles. The molecule has 92 valence electrons. The number of aromatic amines is 1. The molecular weight excluding hydrogens is 202 g/mol. The Morgan fingerprint density at radius 1 is 0.938 bits per heavy atom. The predicted octanol–water partition coefficient (Wildman–Crippen LogP) is 3.64. The minimum absolute atomic E-state index is 0.0958. The van der Waals surface area contributed by atoms with E-state index in [4.69, 9.17) is 0 Å². The predicted molar refractivity (Wildman–Crippen MR) is 65.9 cm³/mol. The van der Waals surface area contributed by atoms with Gasteiger partial charge in [-0.25, -0.2) is 0 Å². The summed E-state index contributed by atoms with van der Waals surface area (Å²) in [5.41, 5.74) is 1.65. The molecule has 3 N–H and O–H groups in total. The zero-order valence-electron chi connectivity index (χ0n) is 10.3. The van der Waals surface area contributed by atoms with Crippen molar-refractivity contribution in [3.63, 3.8) is 0 Å². The van der Waals surface area contributed by atoms with Gasteiger partial charge in [-0.15, -0.1) is 0 Å². The summed E-state index contributed by atoms with van der Waals surface area (Å²) in [7, 11) is 0. The highest BCUT2D eigenvalue weighted by Gasteiger charge is 2.11. The van der Waals surface area contributed by atoms with E-state index in [1.807, 2.05) is 6.92 Å². The Hall–Kier alpha value is -1.12. The normalized spacial score (nSPS) is 10.9. The van der Waals surface area contributed by atoms with Crippen LogP contribution in [0.3, 0.4) is 0 Å². The van der Waals surface area contributed by atoms with Gasteiger partial charge in [0, 0.05) is 11.1 Å². The summed E-state index contributed by atoms with van der Waals surface area (Å²) in [4.78, 5) is 2.55. The van der Waals surface area contributed by atoms with Gasteiger partial charge in [-0.05, 0) is 19.8 Å². The molecule has 0 spiro atoms. The van der Waals surface area contributed by atoms with Crippen molar-refractivity contribution in [1.82, 2.24) is 4.98 Å². The fourth-order valence-electron chi connectivity index (χ4n) is 1.99. The van der Waals surface area contributed by atoms with Crippen molar-refractivity contribution < 1.29 is 10.2 Å². The van der Waals surface area contributed by atoms with Crippen LogP contribution in [0.25, 0.3) is 0 Å². The summed E-state index contributed by atoms with van der Waals surface area (Å²) < 4.78 is 0. The number of aromatic hydroxyl groups is 2. The van der Waals surface area contributed by atoms with E-state index in [-0.39, 0.29) is 11.8 Å². The Kier molecular flexibility index (Phi) is 5.23. The molecule has 1 rings (SSSR count). The molecule has 0 radical (unpaired) electrons. The third-order valence-corrected chi connectivity index (χ3v) is 3.11. The summed E-state index contributed by atoms with van der Waals surface area (Å²) in [5, 5.41) is 18.9. The van der Waals surface area contributed by atoms with Crippen LogP contribution in [0.5, 0.6) is 11.8 Å². The van der Waals surface area contributed by atoms with Crippen LogP contribution in [-0.4, -0.2) is 15.2 Å². The number of hydrogen-bond donors (Lipinski definition) is 3. The minimum Gasteiger partial charge on any atom is -0.494 e. The highest BCUT2D eigenvalue weighted by atomic mass is 16.3. The first-order chi connectivity index (χ1) is 7.66. The van der Waals surface area contributed by atoms with Gasteiger partial charge in [0.25, 0.3) is 0 Å². The maximum absolute atomic E-state index is 9.54. The number of rotatable bonds is 7. The van der Waals surface area contributed by atoms with E-state index in [1.54, 1.807) is 0 Å². The van der Waals surface area contributed by atoms with Gasteiger partial charge in [0.05, 0.1) is 0 Å². The number of aromatic nitrogens is 1. The van der Waals surface area contributed by atoms with E-state index in [0.717, 1.165) is 24.0 Å². The molecule has 1 aromatic rings. The second kappa shape index (κ2) is 6.46. The maximum Gasteiger partial charge on any atom is 0.194 e. The molecule has 3 nitrogen and oxygen atoms in total. The van der Waals surface area contributed by atoms with E-state index in [2.05, 4.69) is 11.9 Å². The summed E-state index contributed by atoms with van der Waals surface area (Å²) >= 11 is 0. The van der Waals surface area contributed by atoms with Crippen molar-refractivity contribution in [3.8, 4) is 11.8 Å². The number of H-pyrrole nitrogens is 1. The van der Waals surface area contributed by atoms with Gasteiger partial charge in [-0.1, -0.05) is 39.0 Å². The van der Waals surface area contributed by atoms with Gasteiger partial charge in [0.15, 0.2) is 11.8 Å². The Balaban J connectivity index is 2.26. The second-order valence-corrected chi connectivity index (χ2v) is 4.44. The van der Waals surface area contributed by atoms with Crippen LogP contribution in [0.2, 0.25) is 0 Å².